The molecule has 0 bridgehead atoms. The highest BCUT2D eigenvalue weighted by Crippen LogP contribution is 2.21. The third-order valence-electron chi connectivity index (χ3n) is 2.83. The fourth-order valence-corrected chi connectivity index (χ4v) is 1.53. The van der Waals surface area contributed by atoms with Crippen LogP contribution in [0.15, 0.2) is 42.5 Å². The van der Waals surface area contributed by atoms with E-state index in [2.05, 4.69) is 11.9 Å². The predicted octanol–water partition coefficient (Wildman–Crippen LogP) is 2.79. The van der Waals surface area contributed by atoms with Crippen molar-refractivity contribution in [3.05, 3.63) is 48.1 Å². The smallest absolute Gasteiger partial charge is 0.247 e. The Kier molecular flexibility index (Phi) is 5.18. The van der Waals surface area contributed by atoms with Gasteiger partial charge in [-0.05, 0) is 37.1 Å². The van der Waals surface area contributed by atoms with Crippen molar-refractivity contribution in [2.24, 2.45) is 0 Å². The van der Waals surface area contributed by atoms with Gasteiger partial charge in [0, 0.05) is 12.1 Å². The third-order valence-corrected chi connectivity index (χ3v) is 2.83. The van der Waals surface area contributed by atoms with Gasteiger partial charge in [0.25, 0.3) is 0 Å². The summed E-state index contributed by atoms with van der Waals surface area (Å²) in [7, 11) is 1.63. The number of allylic oxidation sites excluding steroid dienone is 1. The van der Waals surface area contributed by atoms with Crippen LogP contribution in [-0.4, -0.2) is 19.6 Å². The number of benzene rings is 1. The lowest BCUT2D eigenvalue weighted by Gasteiger charge is -2.09. The number of ether oxygens (including phenoxy) is 1. The van der Waals surface area contributed by atoms with E-state index in [9.17, 15) is 4.79 Å². The summed E-state index contributed by atoms with van der Waals surface area (Å²) in [4.78, 5) is 11.8. The molecule has 1 rings (SSSR count). The summed E-state index contributed by atoms with van der Waals surface area (Å²) in [6.45, 7) is 7.80. The molecule has 0 saturated heterocycles. The maximum Gasteiger partial charge on any atom is 0.247 e. The van der Waals surface area contributed by atoms with Crippen LogP contribution in [0.5, 0.6) is 5.75 Å². The fraction of sp³-hybridized carbons (Fsp3) is 0.267. The number of carbonyl (C=O) groups excluding carboxylic acids is 1. The standard InChI is InChI=1S/C15H19NO2/c1-5-10-16-15(17)12(3)11(2)13-6-8-14(18-4)9-7-13/h5-9H,1,10H2,2-4H3,(H,16,17)/b12-11+. The fourth-order valence-electron chi connectivity index (χ4n) is 1.53. The van der Waals surface area contributed by atoms with E-state index >= 15 is 0 Å². The number of methoxy groups -OCH3 is 1. The van der Waals surface area contributed by atoms with Crippen LogP contribution in [-0.2, 0) is 4.79 Å². The molecule has 0 aromatic heterocycles. The lowest BCUT2D eigenvalue weighted by atomic mass is 10.0. The number of nitrogens with one attached hydrogen (secondary N) is 1. The zero-order valence-electron chi connectivity index (χ0n) is 11.1. The van der Waals surface area contributed by atoms with Crippen molar-refractivity contribution < 1.29 is 9.53 Å². The van der Waals surface area contributed by atoms with Crippen molar-refractivity contribution >= 4 is 11.5 Å². The summed E-state index contributed by atoms with van der Waals surface area (Å²) in [6, 6.07) is 7.65. The Morgan fingerprint density at radius 2 is 1.94 bits per heavy atom. The van der Waals surface area contributed by atoms with Crippen LogP contribution < -0.4 is 10.1 Å². The van der Waals surface area contributed by atoms with Gasteiger partial charge in [-0.25, -0.2) is 0 Å². The van der Waals surface area contributed by atoms with Crippen LogP contribution in [0.2, 0.25) is 0 Å². The van der Waals surface area contributed by atoms with E-state index in [0.29, 0.717) is 12.1 Å². The van der Waals surface area contributed by atoms with Crippen LogP contribution in [0.25, 0.3) is 5.57 Å². The van der Waals surface area contributed by atoms with Crippen molar-refractivity contribution in [2.75, 3.05) is 13.7 Å². The van der Waals surface area contributed by atoms with Crippen LogP contribution in [0.1, 0.15) is 19.4 Å². The quantitative estimate of drug-likeness (QED) is 0.640. The minimum atomic E-state index is -0.0665. The highest BCUT2D eigenvalue weighted by Gasteiger charge is 2.08. The first kappa shape index (κ1) is 14.0. The maximum absolute atomic E-state index is 11.8. The molecule has 1 aromatic carbocycles. The van der Waals surface area contributed by atoms with Crippen molar-refractivity contribution in [3.8, 4) is 5.75 Å². The van der Waals surface area contributed by atoms with Gasteiger partial charge in [0.2, 0.25) is 5.91 Å². The van der Waals surface area contributed by atoms with E-state index in [0.717, 1.165) is 16.9 Å². The Bertz CT molecular complexity index is 458. The molecule has 0 spiro atoms. The molecule has 1 N–H and O–H groups in total. The van der Waals surface area contributed by atoms with E-state index < -0.39 is 0 Å². The normalized spacial score (nSPS) is 11.5. The van der Waals surface area contributed by atoms with E-state index in [4.69, 9.17) is 4.74 Å². The average molecular weight is 245 g/mol. The van der Waals surface area contributed by atoms with Gasteiger partial charge in [0.15, 0.2) is 0 Å². The molecule has 0 unspecified atom stereocenters. The number of rotatable bonds is 5. The number of hydrogen-bond acceptors (Lipinski definition) is 2. The highest BCUT2D eigenvalue weighted by atomic mass is 16.5. The molecule has 0 heterocycles. The van der Waals surface area contributed by atoms with Gasteiger partial charge in [0.1, 0.15) is 5.75 Å². The van der Waals surface area contributed by atoms with E-state index in [1.54, 1.807) is 13.2 Å². The molecule has 18 heavy (non-hydrogen) atoms. The Morgan fingerprint density at radius 1 is 1.33 bits per heavy atom. The molecular formula is C15H19NO2. The zero-order valence-corrected chi connectivity index (χ0v) is 11.1. The molecule has 0 atom stereocenters. The molecular weight excluding hydrogens is 226 g/mol. The minimum Gasteiger partial charge on any atom is -0.497 e. The lowest BCUT2D eigenvalue weighted by molar-refractivity contribution is -0.117. The lowest BCUT2D eigenvalue weighted by Crippen LogP contribution is -2.24. The van der Waals surface area contributed by atoms with Crippen LogP contribution in [0.3, 0.4) is 0 Å². The summed E-state index contributed by atoms with van der Waals surface area (Å²) in [5.41, 5.74) is 2.68. The molecule has 0 fully saturated rings. The Morgan fingerprint density at radius 3 is 2.44 bits per heavy atom. The molecule has 0 aliphatic heterocycles. The Hall–Kier alpha value is -2.03. The first-order valence-corrected chi connectivity index (χ1v) is 5.81. The first-order chi connectivity index (χ1) is 8.60. The van der Waals surface area contributed by atoms with Gasteiger partial charge < -0.3 is 10.1 Å². The van der Waals surface area contributed by atoms with Gasteiger partial charge in [-0.2, -0.15) is 0 Å². The van der Waals surface area contributed by atoms with Gasteiger partial charge >= 0.3 is 0 Å². The summed E-state index contributed by atoms with van der Waals surface area (Å²) in [6.07, 6.45) is 1.66. The van der Waals surface area contributed by atoms with Crippen LogP contribution in [0, 0.1) is 0 Å². The van der Waals surface area contributed by atoms with E-state index in [-0.39, 0.29) is 5.91 Å². The molecule has 0 radical (unpaired) electrons. The molecule has 0 aliphatic carbocycles. The number of carbonyl (C=O) groups is 1. The van der Waals surface area contributed by atoms with E-state index in [1.807, 2.05) is 38.1 Å². The predicted molar refractivity (Wildman–Crippen MR) is 74.5 cm³/mol. The topological polar surface area (TPSA) is 38.3 Å². The molecule has 1 aromatic rings. The van der Waals surface area contributed by atoms with Crippen molar-refractivity contribution in [1.82, 2.24) is 5.32 Å². The van der Waals surface area contributed by atoms with Crippen molar-refractivity contribution in [2.45, 2.75) is 13.8 Å². The number of amides is 1. The summed E-state index contributed by atoms with van der Waals surface area (Å²) >= 11 is 0. The SMILES string of the molecule is C=CCNC(=O)/C(C)=C(\C)c1ccc(OC)cc1. The second kappa shape index (κ2) is 6.64. The molecule has 3 nitrogen and oxygen atoms in total. The number of hydrogen-bond donors (Lipinski definition) is 1. The average Bonchev–Trinajstić information content (AvgIpc) is 2.43. The highest BCUT2D eigenvalue weighted by molar-refractivity contribution is 6.00. The van der Waals surface area contributed by atoms with Gasteiger partial charge in [-0.3, -0.25) is 4.79 Å². The van der Waals surface area contributed by atoms with Crippen LogP contribution >= 0.6 is 0 Å². The van der Waals surface area contributed by atoms with Gasteiger partial charge in [-0.15, -0.1) is 6.58 Å². The zero-order chi connectivity index (χ0) is 13.5. The molecule has 1 amide bonds. The van der Waals surface area contributed by atoms with Crippen LogP contribution in [0.4, 0.5) is 0 Å². The molecule has 0 aliphatic rings. The summed E-state index contributed by atoms with van der Waals surface area (Å²) in [5, 5.41) is 2.77. The summed E-state index contributed by atoms with van der Waals surface area (Å²) < 4.78 is 5.10. The maximum atomic E-state index is 11.8. The largest absolute Gasteiger partial charge is 0.497 e. The van der Waals surface area contributed by atoms with E-state index in [1.165, 1.54) is 0 Å². The third kappa shape index (κ3) is 3.48. The minimum absolute atomic E-state index is 0.0665. The van der Waals surface area contributed by atoms with Gasteiger partial charge in [-0.1, -0.05) is 18.2 Å². The van der Waals surface area contributed by atoms with Crippen molar-refractivity contribution in [1.29, 1.82) is 0 Å². The molecule has 0 saturated carbocycles. The molecule has 3 heteroatoms. The summed E-state index contributed by atoms with van der Waals surface area (Å²) in [5.74, 6) is 0.739. The monoisotopic (exact) mass is 245 g/mol. The second-order valence-corrected chi connectivity index (χ2v) is 3.98. The first-order valence-electron chi connectivity index (χ1n) is 5.81. The molecule has 96 valence electrons. The van der Waals surface area contributed by atoms with Crippen molar-refractivity contribution in [3.63, 3.8) is 0 Å². The second-order valence-electron chi connectivity index (χ2n) is 3.98. The van der Waals surface area contributed by atoms with Gasteiger partial charge in [0.05, 0.1) is 7.11 Å². The Labute approximate surface area is 108 Å². The Balaban J connectivity index is 2.91.